The quantitative estimate of drug-likeness (QED) is 0.345. The molecule has 3 rings (SSSR count). The highest BCUT2D eigenvalue weighted by Crippen LogP contribution is 2.31. The summed E-state index contributed by atoms with van der Waals surface area (Å²) in [5, 5.41) is 5.28. The molecule has 0 spiro atoms. The summed E-state index contributed by atoms with van der Waals surface area (Å²) in [7, 11) is 1.55. The molecule has 1 amide bonds. The van der Waals surface area contributed by atoms with Crippen LogP contribution in [0.2, 0.25) is 15.1 Å². The number of carbonyl (C=O) groups excluding carboxylic acids is 1. The van der Waals surface area contributed by atoms with Crippen molar-refractivity contribution in [3.63, 3.8) is 0 Å². The zero-order chi connectivity index (χ0) is 21.5. The number of halogens is 3. The van der Waals surface area contributed by atoms with Crippen LogP contribution in [0.15, 0.2) is 65.8 Å². The number of amides is 1. The lowest BCUT2D eigenvalue weighted by molar-refractivity contribution is 0.0955. The van der Waals surface area contributed by atoms with Crippen LogP contribution in [0.25, 0.3) is 0 Å². The average molecular weight is 464 g/mol. The number of hydrazone groups is 1. The molecule has 0 unspecified atom stereocenters. The van der Waals surface area contributed by atoms with E-state index in [0.717, 1.165) is 5.56 Å². The second-order valence-corrected chi connectivity index (χ2v) is 7.31. The van der Waals surface area contributed by atoms with E-state index in [2.05, 4.69) is 10.5 Å². The molecule has 0 saturated heterocycles. The molecule has 3 aromatic rings. The first-order valence-electron chi connectivity index (χ1n) is 8.81. The van der Waals surface area contributed by atoms with E-state index in [1.165, 1.54) is 12.3 Å². The van der Waals surface area contributed by atoms with Gasteiger partial charge in [0.05, 0.1) is 23.4 Å². The number of carbonyl (C=O) groups is 1. The molecule has 0 bridgehead atoms. The predicted octanol–water partition coefficient (Wildman–Crippen LogP) is 6.00. The summed E-state index contributed by atoms with van der Waals surface area (Å²) < 4.78 is 11.3. The molecule has 0 heterocycles. The van der Waals surface area contributed by atoms with Gasteiger partial charge in [0.1, 0.15) is 6.61 Å². The summed E-state index contributed by atoms with van der Waals surface area (Å²) in [6.07, 6.45) is 1.47. The molecule has 0 fully saturated rings. The van der Waals surface area contributed by atoms with Crippen LogP contribution in [0, 0.1) is 0 Å². The third kappa shape index (κ3) is 5.45. The molecule has 0 radical (unpaired) electrons. The van der Waals surface area contributed by atoms with Crippen LogP contribution in [-0.2, 0) is 6.61 Å². The van der Waals surface area contributed by atoms with Crippen LogP contribution >= 0.6 is 34.8 Å². The highest BCUT2D eigenvalue weighted by molar-refractivity contribution is 6.42. The average Bonchev–Trinajstić information content (AvgIpc) is 2.75. The lowest BCUT2D eigenvalue weighted by atomic mass is 10.2. The van der Waals surface area contributed by atoms with Crippen molar-refractivity contribution in [2.75, 3.05) is 7.11 Å². The topological polar surface area (TPSA) is 59.9 Å². The fourth-order valence-corrected chi connectivity index (χ4v) is 3.07. The SMILES string of the molecule is COc1cccc(/C=N\NC(=O)c2ccc(Cl)c(Cl)c2)c1OCc1ccccc1Cl. The molecule has 0 aliphatic carbocycles. The number of benzene rings is 3. The first kappa shape index (κ1) is 22.0. The number of nitrogens with one attached hydrogen (secondary N) is 1. The maximum Gasteiger partial charge on any atom is 0.271 e. The lowest BCUT2D eigenvalue weighted by Crippen LogP contribution is -2.17. The van der Waals surface area contributed by atoms with E-state index in [4.69, 9.17) is 44.3 Å². The van der Waals surface area contributed by atoms with Crippen LogP contribution in [0.1, 0.15) is 21.5 Å². The monoisotopic (exact) mass is 462 g/mol. The Balaban J connectivity index is 1.75. The minimum atomic E-state index is -0.425. The largest absolute Gasteiger partial charge is 0.493 e. The zero-order valence-corrected chi connectivity index (χ0v) is 18.1. The van der Waals surface area contributed by atoms with Gasteiger partial charge in [-0.05, 0) is 36.4 Å². The van der Waals surface area contributed by atoms with Gasteiger partial charge in [0.25, 0.3) is 5.91 Å². The van der Waals surface area contributed by atoms with Crippen LogP contribution in [0.4, 0.5) is 0 Å². The molecule has 0 aliphatic heterocycles. The maximum atomic E-state index is 12.3. The van der Waals surface area contributed by atoms with Crippen molar-refractivity contribution >= 4 is 46.9 Å². The van der Waals surface area contributed by atoms with Gasteiger partial charge in [-0.2, -0.15) is 5.10 Å². The molecule has 5 nitrogen and oxygen atoms in total. The molecule has 0 saturated carbocycles. The molecule has 8 heteroatoms. The smallest absolute Gasteiger partial charge is 0.271 e. The second kappa shape index (κ2) is 10.3. The van der Waals surface area contributed by atoms with Crippen LogP contribution in [-0.4, -0.2) is 19.2 Å². The van der Waals surface area contributed by atoms with Crippen molar-refractivity contribution in [1.82, 2.24) is 5.43 Å². The van der Waals surface area contributed by atoms with Crippen molar-refractivity contribution in [2.24, 2.45) is 5.10 Å². The molecule has 1 N–H and O–H groups in total. The summed E-state index contributed by atoms with van der Waals surface area (Å²) >= 11 is 18.0. The van der Waals surface area contributed by atoms with Gasteiger partial charge in [-0.1, -0.05) is 59.1 Å². The number of ether oxygens (including phenoxy) is 2. The number of rotatable bonds is 7. The highest BCUT2D eigenvalue weighted by Gasteiger charge is 2.11. The molecular formula is C22H17Cl3N2O3. The molecule has 3 aromatic carbocycles. The Hall–Kier alpha value is -2.73. The summed E-state index contributed by atoms with van der Waals surface area (Å²) in [6.45, 7) is 0.247. The molecule has 154 valence electrons. The van der Waals surface area contributed by atoms with Crippen molar-refractivity contribution in [3.05, 3.63) is 92.4 Å². The highest BCUT2D eigenvalue weighted by atomic mass is 35.5. The van der Waals surface area contributed by atoms with E-state index in [-0.39, 0.29) is 11.6 Å². The molecule has 0 atom stereocenters. The van der Waals surface area contributed by atoms with Gasteiger partial charge in [0, 0.05) is 21.7 Å². The summed E-state index contributed by atoms with van der Waals surface area (Å²) in [4.78, 5) is 12.3. The first-order valence-corrected chi connectivity index (χ1v) is 9.94. The van der Waals surface area contributed by atoms with E-state index >= 15 is 0 Å². The van der Waals surface area contributed by atoms with Gasteiger partial charge in [-0.25, -0.2) is 5.43 Å². The van der Waals surface area contributed by atoms with Gasteiger partial charge in [0.15, 0.2) is 11.5 Å². The van der Waals surface area contributed by atoms with Gasteiger partial charge >= 0.3 is 0 Å². The minimum absolute atomic E-state index is 0.247. The molecule has 30 heavy (non-hydrogen) atoms. The van der Waals surface area contributed by atoms with Gasteiger partial charge in [0.2, 0.25) is 0 Å². The van der Waals surface area contributed by atoms with E-state index in [1.807, 2.05) is 18.2 Å². The lowest BCUT2D eigenvalue weighted by Gasteiger charge is -2.13. The summed E-state index contributed by atoms with van der Waals surface area (Å²) in [5.41, 5.74) is 4.24. The normalized spacial score (nSPS) is 10.8. The van der Waals surface area contributed by atoms with E-state index < -0.39 is 5.91 Å². The van der Waals surface area contributed by atoms with Crippen molar-refractivity contribution in [3.8, 4) is 11.5 Å². The Morgan fingerprint density at radius 2 is 1.80 bits per heavy atom. The van der Waals surface area contributed by atoms with E-state index in [0.29, 0.717) is 32.7 Å². The molecule has 0 aromatic heterocycles. The standard InChI is InChI=1S/C22H17Cl3N2O3/c1-29-20-8-4-6-15(21(20)30-13-16-5-2-3-7-17(16)23)12-26-27-22(28)14-9-10-18(24)19(25)11-14/h2-12H,13H2,1H3,(H,27,28)/b26-12-. The fraction of sp³-hybridized carbons (Fsp3) is 0.0909. The van der Waals surface area contributed by atoms with Crippen molar-refractivity contribution in [2.45, 2.75) is 6.61 Å². The van der Waals surface area contributed by atoms with Gasteiger partial charge < -0.3 is 9.47 Å². The van der Waals surface area contributed by atoms with Crippen LogP contribution < -0.4 is 14.9 Å². The van der Waals surface area contributed by atoms with E-state index in [9.17, 15) is 4.79 Å². The number of nitrogens with zero attached hydrogens (tertiary/aromatic N) is 1. The Labute approximate surface area is 189 Å². The number of hydrogen-bond acceptors (Lipinski definition) is 4. The fourth-order valence-electron chi connectivity index (χ4n) is 2.58. The second-order valence-electron chi connectivity index (χ2n) is 6.09. The molecule has 0 aliphatic rings. The minimum Gasteiger partial charge on any atom is -0.493 e. The number of methoxy groups -OCH3 is 1. The number of hydrogen-bond donors (Lipinski definition) is 1. The third-order valence-electron chi connectivity index (χ3n) is 4.11. The number of para-hydroxylation sites is 1. The predicted molar refractivity (Wildman–Crippen MR) is 120 cm³/mol. The Bertz CT molecular complexity index is 1090. The van der Waals surface area contributed by atoms with Gasteiger partial charge in [-0.3, -0.25) is 4.79 Å². The van der Waals surface area contributed by atoms with Crippen molar-refractivity contribution < 1.29 is 14.3 Å². The van der Waals surface area contributed by atoms with E-state index in [1.54, 1.807) is 43.5 Å². The zero-order valence-electron chi connectivity index (χ0n) is 15.9. The summed E-state index contributed by atoms with van der Waals surface area (Å²) in [5.74, 6) is 0.584. The van der Waals surface area contributed by atoms with Crippen LogP contribution in [0.3, 0.4) is 0 Å². The van der Waals surface area contributed by atoms with Crippen LogP contribution in [0.5, 0.6) is 11.5 Å². The Morgan fingerprint density at radius 1 is 1.00 bits per heavy atom. The third-order valence-corrected chi connectivity index (χ3v) is 5.22. The Morgan fingerprint density at radius 3 is 2.53 bits per heavy atom. The van der Waals surface area contributed by atoms with Gasteiger partial charge in [-0.15, -0.1) is 0 Å². The molecular weight excluding hydrogens is 447 g/mol. The summed E-state index contributed by atoms with van der Waals surface area (Å²) in [6, 6.07) is 17.3. The van der Waals surface area contributed by atoms with Crippen molar-refractivity contribution in [1.29, 1.82) is 0 Å². The first-order chi connectivity index (χ1) is 14.5. The maximum absolute atomic E-state index is 12.3. The Kier molecular flexibility index (Phi) is 7.57.